The highest BCUT2D eigenvalue weighted by atomic mass is 32.2. The van der Waals surface area contributed by atoms with E-state index >= 15 is 0 Å². The molecule has 148 valence electrons. The summed E-state index contributed by atoms with van der Waals surface area (Å²) in [5.74, 6) is 0. The van der Waals surface area contributed by atoms with E-state index in [2.05, 4.69) is 9.89 Å². The number of benzene rings is 2. The molecule has 2 aliphatic rings. The van der Waals surface area contributed by atoms with Crippen LogP contribution in [-0.2, 0) is 23.4 Å². The fraction of sp³-hybridized carbons (Fsp3) is 0.350. The predicted octanol–water partition coefficient (Wildman–Crippen LogP) is 3.85. The number of aliphatic imine (C=N–C) groups is 1. The van der Waals surface area contributed by atoms with Gasteiger partial charge in [0.25, 0.3) is 0 Å². The predicted molar refractivity (Wildman–Crippen MR) is 105 cm³/mol. The van der Waals surface area contributed by atoms with E-state index in [-0.39, 0.29) is 0 Å². The molecule has 28 heavy (non-hydrogen) atoms. The van der Waals surface area contributed by atoms with E-state index in [0.717, 1.165) is 48.3 Å². The number of nitrogens with zero attached hydrogens (tertiary/aromatic N) is 3. The summed E-state index contributed by atoms with van der Waals surface area (Å²) in [5, 5.41) is 0. The van der Waals surface area contributed by atoms with Gasteiger partial charge in [-0.15, -0.1) is 0 Å². The van der Waals surface area contributed by atoms with Crippen LogP contribution in [0.25, 0.3) is 0 Å². The molecule has 0 saturated carbocycles. The van der Waals surface area contributed by atoms with Crippen LogP contribution in [0.4, 0.5) is 24.5 Å². The lowest BCUT2D eigenvalue weighted by Crippen LogP contribution is -2.47. The normalized spacial score (nSPS) is 19.8. The van der Waals surface area contributed by atoms with Crippen molar-refractivity contribution in [3.63, 3.8) is 0 Å². The Kier molecular flexibility index (Phi) is 5.25. The number of fused-ring (bicyclic) bond motifs is 1. The molecule has 0 radical (unpaired) electrons. The van der Waals surface area contributed by atoms with E-state index in [4.69, 9.17) is 0 Å². The zero-order valence-corrected chi connectivity index (χ0v) is 16.0. The lowest BCUT2D eigenvalue weighted by atomic mass is 10.1. The molecule has 4 rings (SSSR count). The highest BCUT2D eigenvalue weighted by Crippen LogP contribution is 2.32. The summed E-state index contributed by atoms with van der Waals surface area (Å²) in [6, 6.07) is 11.4. The van der Waals surface area contributed by atoms with Crippen molar-refractivity contribution < 1.29 is 17.4 Å². The van der Waals surface area contributed by atoms with Crippen LogP contribution in [0.1, 0.15) is 11.1 Å². The Hall–Kier alpha value is -2.19. The highest BCUT2D eigenvalue weighted by Gasteiger charge is 2.31. The summed E-state index contributed by atoms with van der Waals surface area (Å²) in [5.41, 5.74) is 3.37. The molecule has 1 fully saturated rings. The monoisotopic (exact) mass is 407 g/mol. The minimum Gasteiger partial charge on any atom is -0.369 e. The molecule has 0 aliphatic carbocycles. The van der Waals surface area contributed by atoms with Crippen LogP contribution < -0.4 is 4.90 Å². The van der Waals surface area contributed by atoms with Crippen LogP contribution >= 0.6 is 0 Å². The summed E-state index contributed by atoms with van der Waals surface area (Å²) in [7, 11) is -1.14. The Morgan fingerprint density at radius 3 is 2.57 bits per heavy atom. The molecule has 1 unspecified atom stereocenters. The van der Waals surface area contributed by atoms with Gasteiger partial charge in [-0.25, -0.2) is 9.20 Å². The second-order valence-electron chi connectivity index (χ2n) is 6.96. The van der Waals surface area contributed by atoms with E-state index in [1.807, 2.05) is 23.1 Å². The van der Waals surface area contributed by atoms with Gasteiger partial charge in [0.2, 0.25) is 0 Å². The standard InChI is InChI=1S/C20H20F3N3OS/c21-20(22,23)16-2-1-3-17(13-16)26-10-8-25(9-11-26)7-6-15-4-5-18-19(12-15)28(27)14-24-18/h1-5,12-14H,6-11H2. The quantitative estimate of drug-likeness (QED) is 0.773. The first-order valence-corrected chi connectivity index (χ1v) is 10.3. The number of halogens is 3. The van der Waals surface area contributed by atoms with Gasteiger partial charge < -0.3 is 4.90 Å². The lowest BCUT2D eigenvalue weighted by Gasteiger charge is -2.36. The van der Waals surface area contributed by atoms with Crippen molar-refractivity contribution in [2.45, 2.75) is 17.5 Å². The molecule has 0 aromatic heterocycles. The first kappa shape index (κ1) is 19.1. The maximum Gasteiger partial charge on any atom is 0.416 e. The maximum atomic E-state index is 12.9. The Morgan fingerprint density at radius 2 is 1.82 bits per heavy atom. The number of alkyl halides is 3. The molecule has 0 amide bonds. The van der Waals surface area contributed by atoms with Crippen LogP contribution in [0.15, 0.2) is 52.4 Å². The van der Waals surface area contributed by atoms with Crippen LogP contribution in [0.5, 0.6) is 0 Å². The SMILES string of the molecule is O=S1C=Nc2ccc(CCN3CCN(c4cccc(C(F)(F)F)c4)CC3)cc21. The van der Waals surface area contributed by atoms with Crippen LogP contribution in [0.3, 0.4) is 0 Å². The van der Waals surface area contributed by atoms with Crippen molar-refractivity contribution in [1.29, 1.82) is 0 Å². The van der Waals surface area contributed by atoms with Gasteiger partial charge in [0.1, 0.15) is 0 Å². The average molecular weight is 407 g/mol. The summed E-state index contributed by atoms with van der Waals surface area (Å²) < 4.78 is 50.6. The maximum absolute atomic E-state index is 12.9. The molecule has 1 atom stereocenters. The molecular weight excluding hydrogens is 387 g/mol. The van der Waals surface area contributed by atoms with Gasteiger partial charge in [-0.3, -0.25) is 4.90 Å². The molecule has 2 heterocycles. The Balaban J connectivity index is 1.32. The third-order valence-electron chi connectivity index (χ3n) is 5.16. The van der Waals surface area contributed by atoms with Crippen LogP contribution in [0.2, 0.25) is 0 Å². The van der Waals surface area contributed by atoms with Gasteiger partial charge in [-0.2, -0.15) is 13.2 Å². The third-order valence-corrected chi connectivity index (χ3v) is 6.21. The number of rotatable bonds is 4. The van der Waals surface area contributed by atoms with Gasteiger partial charge in [-0.05, 0) is 42.3 Å². The number of hydrogen-bond acceptors (Lipinski definition) is 4. The van der Waals surface area contributed by atoms with Gasteiger partial charge in [0.15, 0.2) is 0 Å². The van der Waals surface area contributed by atoms with Crippen molar-refractivity contribution >= 4 is 27.7 Å². The van der Waals surface area contributed by atoms with Gasteiger partial charge in [0.05, 0.1) is 32.5 Å². The molecule has 0 spiro atoms. The van der Waals surface area contributed by atoms with Gasteiger partial charge in [-0.1, -0.05) is 12.1 Å². The second-order valence-corrected chi connectivity index (χ2v) is 8.21. The first-order chi connectivity index (χ1) is 13.4. The smallest absolute Gasteiger partial charge is 0.369 e. The highest BCUT2D eigenvalue weighted by molar-refractivity contribution is 7.99. The van der Waals surface area contributed by atoms with E-state index < -0.39 is 22.5 Å². The Labute approximate surface area is 164 Å². The minimum absolute atomic E-state index is 0.606. The summed E-state index contributed by atoms with van der Waals surface area (Å²) in [6.45, 7) is 3.86. The molecule has 0 bridgehead atoms. The number of hydrogen-bond donors (Lipinski definition) is 0. The fourth-order valence-corrected chi connectivity index (χ4v) is 4.46. The van der Waals surface area contributed by atoms with Crippen molar-refractivity contribution in [1.82, 2.24) is 4.90 Å². The first-order valence-electron chi connectivity index (χ1n) is 9.12. The van der Waals surface area contributed by atoms with Gasteiger partial charge >= 0.3 is 6.18 Å². The molecular formula is C20H20F3N3OS. The van der Waals surface area contributed by atoms with Gasteiger partial charge in [0, 0.05) is 38.4 Å². The van der Waals surface area contributed by atoms with Crippen molar-refractivity contribution in [2.24, 2.45) is 4.99 Å². The molecule has 1 saturated heterocycles. The largest absolute Gasteiger partial charge is 0.416 e. The van der Waals surface area contributed by atoms with E-state index in [1.165, 1.54) is 17.7 Å². The van der Waals surface area contributed by atoms with E-state index in [1.54, 1.807) is 6.07 Å². The third kappa shape index (κ3) is 4.12. The topological polar surface area (TPSA) is 35.9 Å². The second kappa shape index (κ2) is 7.67. The zero-order valence-electron chi connectivity index (χ0n) is 15.2. The molecule has 2 aliphatic heterocycles. The molecule has 2 aromatic carbocycles. The Morgan fingerprint density at radius 1 is 1.04 bits per heavy atom. The van der Waals surface area contributed by atoms with Crippen molar-refractivity contribution in [3.05, 3.63) is 53.6 Å². The van der Waals surface area contributed by atoms with Crippen molar-refractivity contribution in [2.75, 3.05) is 37.6 Å². The summed E-state index contributed by atoms with van der Waals surface area (Å²) in [6.07, 6.45) is -3.48. The molecule has 0 N–H and O–H groups in total. The van der Waals surface area contributed by atoms with E-state index in [9.17, 15) is 17.4 Å². The molecule has 4 nitrogen and oxygen atoms in total. The molecule has 2 aromatic rings. The fourth-order valence-electron chi connectivity index (χ4n) is 3.54. The number of piperazine rings is 1. The number of anilines is 1. The van der Waals surface area contributed by atoms with E-state index in [0.29, 0.717) is 18.8 Å². The zero-order chi connectivity index (χ0) is 19.7. The van der Waals surface area contributed by atoms with Crippen LogP contribution in [-0.4, -0.2) is 47.4 Å². The minimum atomic E-state index is -4.32. The Bertz CT molecular complexity index is 921. The molecule has 8 heteroatoms. The van der Waals surface area contributed by atoms with Crippen LogP contribution in [0, 0.1) is 0 Å². The lowest BCUT2D eigenvalue weighted by molar-refractivity contribution is -0.137. The summed E-state index contributed by atoms with van der Waals surface area (Å²) >= 11 is 0. The summed E-state index contributed by atoms with van der Waals surface area (Å²) in [4.78, 5) is 9.20. The van der Waals surface area contributed by atoms with Crippen molar-refractivity contribution in [3.8, 4) is 0 Å². The average Bonchev–Trinajstić information content (AvgIpc) is 3.07.